The highest BCUT2D eigenvalue weighted by Crippen LogP contribution is 2.30. The number of carbonyl (C=O) groups excluding carboxylic acids is 3. The van der Waals surface area contributed by atoms with Gasteiger partial charge in [0.25, 0.3) is 5.91 Å². The van der Waals surface area contributed by atoms with Gasteiger partial charge < -0.3 is 20.5 Å². The van der Waals surface area contributed by atoms with Crippen LogP contribution in [-0.4, -0.2) is 56.0 Å². The summed E-state index contributed by atoms with van der Waals surface area (Å²) < 4.78 is 0. The molecule has 0 saturated heterocycles. The average molecular weight is 317 g/mol. The van der Waals surface area contributed by atoms with Gasteiger partial charge >= 0.3 is 12.1 Å². The minimum atomic E-state index is -0.596. The quantitative estimate of drug-likeness (QED) is 0.780. The standard InChI is InChI=1S/C15H19N5O3/c1-16-14(22)20(15(23)17-2)11-7-5-6-10-12(11)9(8-18-10)13(21)19(3)4/h5-8,18H,1-4H3,(H,16,22)(H,17,23). The van der Waals surface area contributed by atoms with Crippen LogP contribution in [0.1, 0.15) is 10.4 Å². The van der Waals surface area contributed by atoms with Crippen molar-refractivity contribution in [1.82, 2.24) is 20.5 Å². The van der Waals surface area contributed by atoms with Crippen LogP contribution >= 0.6 is 0 Å². The van der Waals surface area contributed by atoms with E-state index >= 15 is 0 Å². The van der Waals surface area contributed by atoms with E-state index in [9.17, 15) is 14.4 Å². The molecule has 1 heterocycles. The molecule has 0 saturated carbocycles. The van der Waals surface area contributed by atoms with Crippen LogP contribution in [0.25, 0.3) is 10.9 Å². The summed E-state index contributed by atoms with van der Waals surface area (Å²) in [7, 11) is 6.14. The number of anilines is 1. The van der Waals surface area contributed by atoms with Gasteiger partial charge in [0.15, 0.2) is 0 Å². The molecule has 0 atom stereocenters. The van der Waals surface area contributed by atoms with E-state index in [1.165, 1.54) is 19.0 Å². The summed E-state index contributed by atoms with van der Waals surface area (Å²) >= 11 is 0. The Labute approximate surface area is 133 Å². The van der Waals surface area contributed by atoms with Crippen molar-refractivity contribution in [3.8, 4) is 0 Å². The molecule has 5 amide bonds. The first kappa shape index (κ1) is 16.3. The highest BCUT2D eigenvalue weighted by Gasteiger charge is 2.26. The van der Waals surface area contributed by atoms with Crippen LogP contribution in [0, 0.1) is 0 Å². The highest BCUT2D eigenvalue weighted by atomic mass is 16.2. The SMILES string of the molecule is CNC(=O)N(C(=O)NC)c1cccc2[nH]cc(C(=O)N(C)C)c12. The first-order valence-corrected chi connectivity index (χ1v) is 6.97. The van der Waals surface area contributed by atoms with Crippen molar-refractivity contribution in [2.45, 2.75) is 0 Å². The number of fused-ring (bicyclic) bond motifs is 1. The summed E-state index contributed by atoms with van der Waals surface area (Å²) in [4.78, 5) is 42.0. The molecule has 0 spiro atoms. The number of urea groups is 2. The molecule has 2 rings (SSSR count). The molecular formula is C15H19N5O3. The summed E-state index contributed by atoms with van der Waals surface area (Å²) in [6, 6.07) is 3.91. The number of H-pyrrole nitrogens is 1. The molecule has 0 aliphatic carbocycles. The van der Waals surface area contributed by atoms with E-state index in [4.69, 9.17) is 0 Å². The second kappa shape index (κ2) is 6.39. The molecular weight excluding hydrogens is 298 g/mol. The fraction of sp³-hybridized carbons (Fsp3) is 0.267. The minimum Gasteiger partial charge on any atom is -0.360 e. The van der Waals surface area contributed by atoms with Gasteiger partial charge in [-0.2, -0.15) is 0 Å². The Hall–Kier alpha value is -3.03. The van der Waals surface area contributed by atoms with Crippen molar-refractivity contribution < 1.29 is 14.4 Å². The van der Waals surface area contributed by atoms with Gasteiger partial charge in [0, 0.05) is 45.3 Å². The normalized spacial score (nSPS) is 10.3. The fourth-order valence-corrected chi connectivity index (χ4v) is 2.30. The summed E-state index contributed by atoms with van der Waals surface area (Å²) in [6.07, 6.45) is 1.57. The number of rotatable bonds is 2. The number of nitrogens with zero attached hydrogens (tertiary/aromatic N) is 2. The van der Waals surface area contributed by atoms with E-state index in [0.29, 0.717) is 22.2 Å². The first-order valence-electron chi connectivity index (χ1n) is 6.97. The lowest BCUT2D eigenvalue weighted by molar-refractivity contribution is 0.0829. The molecule has 3 N–H and O–H groups in total. The predicted octanol–water partition coefficient (Wildman–Crippen LogP) is 1.35. The molecule has 0 radical (unpaired) electrons. The van der Waals surface area contributed by atoms with Crippen LogP contribution in [0.3, 0.4) is 0 Å². The predicted molar refractivity (Wildman–Crippen MR) is 87.7 cm³/mol. The van der Waals surface area contributed by atoms with Gasteiger partial charge in [-0.15, -0.1) is 0 Å². The van der Waals surface area contributed by atoms with Crippen LogP contribution in [0.2, 0.25) is 0 Å². The van der Waals surface area contributed by atoms with E-state index in [1.807, 2.05) is 0 Å². The molecule has 1 aromatic carbocycles. The third-order valence-corrected chi connectivity index (χ3v) is 3.40. The number of carbonyl (C=O) groups is 3. The largest absolute Gasteiger partial charge is 0.360 e. The van der Waals surface area contributed by atoms with Gasteiger partial charge in [-0.3, -0.25) is 4.79 Å². The topological polar surface area (TPSA) is 97.5 Å². The lowest BCUT2D eigenvalue weighted by Gasteiger charge is -2.21. The van der Waals surface area contributed by atoms with E-state index in [2.05, 4.69) is 15.6 Å². The van der Waals surface area contributed by atoms with Gasteiger partial charge in [0.1, 0.15) is 0 Å². The lowest BCUT2D eigenvalue weighted by atomic mass is 10.1. The number of nitrogens with one attached hydrogen (secondary N) is 3. The maximum atomic E-state index is 12.4. The molecule has 0 aliphatic rings. The maximum absolute atomic E-state index is 12.4. The number of amides is 5. The molecule has 122 valence electrons. The summed E-state index contributed by atoms with van der Waals surface area (Å²) in [5.41, 5.74) is 1.37. The van der Waals surface area contributed by atoms with Crippen LogP contribution < -0.4 is 15.5 Å². The number of hydrogen-bond donors (Lipinski definition) is 3. The van der Waals surface area contributed by atoms with Crippen molar-refractivity contribution in [3.05, 3.63) is 30.0 Å². The van der Waals surface area contributed by atoms with Gasteiger partial charge in [0.2, 0.25) is 0 Å². The smallest absolute Gasteiger partial charge is 0.329 e. The first-order chi connectivity index (χ1) is 10.9. The minimum absolute atomic E-state index is 0.225. The molecule has 0 unspecified atom stereocenters. The fourth-order valence-electron chi connectivity index (χ4n) is 2.30. The molecule has 2 aromatic rings. The maximum Gasteiger partial charge on any atom is 0.329 e. The van der Waals surface area contributed by atoms with Crippen LogP contribution in [0.5, 0.6) is 0 Å². The van der Waals surface area contributed by atoms with Gasteiger partial charge in [-0.25, -0.2) is 14.5 Å². The zero-order chi connectivity index (χ0) is 17.1. The molecule has 1 aromatic heterocycles. The van der Waals surface area contributed by atoms with Crippen molar-refractivity contribution in [2.24, 2.45) is 0 Å². The Kier molecular flexibility index (Phi) is 4.54. The van der Waals surface area contributed by atoms with E-state index in [-0.39, 0.29) is 5.91 Å². The van der Waals surface area contributed by atoms with Crippen molar-refractivity contribution in [3.63, 3.8) is 0 Å². The zero-order valence-corrected chi connectivity index (χ0v) is 13.4. The summed E-state index contributed by atoms with van der Waals surface area (Å²) in [5.74, 6) is -0.225. The molecule has 0 fully saturated rings. The number of imide groups is 1. The second-order valence-electron chi connectivity index (χ2n) is 5.05. The van der Waals surface area contributed by atoms with Crippen LogP contribution in [-0.2, 0) is 0 Å². The molecule has 23 heavy (non-hydrogen) atoms. The second-order valence-corrected chi connectivity index (χ2v) is 5.05. The Balaban J connectivity index is 2.72. The molecule has 0 bridgehead atoms. The van der Waals surface area contributed by atoms with E-state index in [0.717, 1.165) is 4.90 Å². The van der Waals surface area contributed by atoms with Crippen molar-refractivity contribution in [1.29, 1.82) is 0 Å². The van der Waals surface area contributed by atoms with Gasteiger partial charge in [-0.05, 0) is 12.1 Å². The van der Waals surface area contributed by atoms with Crippen molar-refractivity contribution in [2.75, 3.05) is 33.1 Å². The van der Waals surface area contributed by atoms with Gasteiger partial charge in [0.05, 0.1) is 11.3 Å². The Bertz CT molecular complexity index is 750. The molecule has 0 aliphatic heterocycles. The average Bonchev–Trinajstić information content (AvgIpc) is 2.98. The lowest BCUT2D eigenvalue weighted by Crippen LogP contribution is -2.47. The Morgan fingerprint density at radius 1 is 1.04 bits per heavy atom. The van der Waals surface area contributed by atoms with Crippen LogP contribution in [0.15, 0.2) is 24.4 Å². The Morgan fingerprint density at radius 3 is 2.17 bits per heavy atom. The summed E-state index contributed by atoms with van der Waals surface area (Å²) in [5, 5.41) is 5.37. The monoisotopic (exact) mass is 317 g/mol. The Morgan fingerprint density at radius 2 is 1.65 bits per heavy atom. The molecule has 8 nitrogen and oxygen atoms in total. The van der Waals surface area contributed by atoms with E-state index in [1.54, 1.807) is 38.5 Å². The molecule has 8 heteroatoms. The van der Waals surface area contributed by atoms with E-state index < -0.39 is 12.1 Å². The third kappa shape index (κ3) is 2.83. The number of aromatic nitrogens is 1. The number of hydrogen-bond acceptors (Lipinski definition) is 3. The zero-order valence-electron chi connectivity index (χ0n) is 13.4. The summed E-state index contributed by atoms with van der Waals surface area (Å²) in [6.45, 7) is 0. The van der Waals surface area contributed by atoms with Gasteiger partial charge in [-0.1, -0.05) is 6.07 Å². The van der Waals surface area contributed by atoms with Crippen molar-refractivity contribution >= 4 is 34.6 Å². The number of aromatic amines is 1. The van der Waals surface area contributed by atoms with Crippen LogP contribution in [0.4, 0.5) is 15.3 Å². The third-order valence-electron chi connectivity index (χ3n) is 3.40. The number of benzene rings is 1. The highest BCUT2D eigenvalue weighted by molar-refractivity contribution is 6.21.